The number of carbonyl (C=O) groups excluding carboxylic acids is 2. The second-order valence-corrected chi connectivity index (χ2v) is 14.1. The molecular formula is C27H18F6O13S2. The predicted octanol–water partition coefficient (Wildman–Crippen LogP) is 5.08. The lowest BCUT2D eigenvalue weighted by atomic mass is 9.76. The normalized spacial score (nSPS) is 17.5. The Morgan fingerprint density at radius 1 is 0.792 bits per heavy atom. The predicted molar refractivity (Wildman–Crippen MR) is 144 cm³/mol. The second kappa shape index (κ2) is 10.5. The van der Waals surface area contributed by atoms with Gasteiger partial charge in [0.25, 0.3) is 0 Å². The summed E-state index contributed by atoms with van der Waals surface area (Å²) in [4.78, 5) is 26.3. The van der Waals surface area contributed by atoms with E-state index in [-0.39, 0.29) is 11.1 Å². The van der Waals surface area contributed by atoms with Gasteiger partial charge in [0.1, 0.15) is 28.4 Å². The molecule has 0 amide bonds. The molecule has 0 fully saturated rings. The summed E-state index contributed by atoms with van der Waals surface area (Å²) in [6.45, 7) is 4.34. The van der Waals surface area contributed by atoms with Crippen LogP contribution in [0.1, 0.15) is 58.2 Å². The number of halogens is 6. The maximum absolute atomic E-state index is 13.6. The Hall–Kier alpha value is -4.92. The minimum Gasteiger partial charge on any atom is -0.507 e. The third-order valence-corrected chi connectivity index (χ3v) is 8.48. The van der Waals surface area contributed by atoms with Gasteiger partial charge in [-0.25, -0.2) is 9.59 Å². The van der Waals surface area contributed by atoms with Crippen molar-refractivity contribution in [2.24, 2.45) is 0 Å². The van der Waals surface area contributed by atoms with Gasteiger partial charge in [-0.15, -0.1) is 0 Å². The number of phenols is 2. The SMILES string of the molecule is CC(C)(C)OC(=O)c1cc2c(cc1O)Oc1cc(O)c(OS(=O)(=O)C(F)(F)F)c(OS(=O)(=O)C(F)(F)F)c1C21OC(=O)c2ccccc21. The molecular weight excluding hydrogens is 710 g/mol. The van der Waals surface area contributed by atoms with Gasteiger partial charge in [-0.3, -0.25) is 0 Å². The minimum absolute atomic E-state index is 0.294. The highest BCUT2D eigenvalue weighted by molar-refractivity contribution is 7.88. The van der Waals surface area contributed by atoms with E-state index in [0.717, 1.165) is 24.3 Å². The van der Waals surface area contributed by atoms with E-state index >= 15 is 0 Å². The van der Waals surface area contributed by atoms with Gasteiger partial charge < -0.3 is 32.8 Å². The second-order valence-electron chi connectivity index (χ2n) is 11.0. The van der Waals surface area contributed by atoms with E-state index < -0.39 is 106 Å². The molecule has 1 atom stereocenters. The Kier molecular flexibility index (Phi) is 7.56. The van der Waals surface area contributed by atoms with Gasteiger partial charge in [0.05, 0.1) is 11.1 Å². The zero-order valence-electron chi connectivity index (χ0n) is 24.0. The number of alkyl halides is 6. The van der Waals surface area contributed by atoms with Crippen molar-refractivity contribution in [2.45, 2.75) is 43.0 Å². The topological polar surface area (TPSA) is 189 Å². The molecule has 0 saturated carbocycles. The highest BCUT2D eigenvalue weighted by Crippen LogP contribution is 2.63. The van der Waals surface area contributed by atoms with E-state index in [9.17, 15) is 63.0 Å². The number of esters is 2. The molecule has 3 aromatic rings. The van der Waals surface area contributed by atoms with Crippen LogP contribution in [-0.2, 0) is 35.3 Å². The minimum atomic E-state index is -6.96. The van der Waals surface area contributed by atoms with Crippen molar-refractivity contribution in [3.05, 3.63) is 70.3 Å². The number of hydrogen-bond acceptors (Lipinski definition) is 13. The molecule has 1 unspecified atom stereocenters. The summed E-state index contributed by atoms with van der Waals surface area (Å²) in [6, 6.07) is 6.55. The van der Waals surface area contributed by atoms with Crippen LogP contribution in [0.25, 0.3) is 0 Å². The fourth-order valence-corrected chi connectivity index (χ4v) is 5.72. The Morgan fingerprint density at radius 2 is 1.33 bits per heavy atom. The van der Waals surface area contributed by atoms with Crippen LogP contribution in [0, 0.1) is 0 Å². The molecule has 258 valence electrons. The number of fused-ring (bicyclic) bond motifs is 6. The molecule has 2 N–H and O–H groups in total. The largest absolute Gasteiger partial charge is 0.534 e. The van der Waals surface area contributed by atoms with Gasteiger partial charge in [0.15, 0.2) is 11.4 Å². The monoisotopic (exact) mass is 728 g/mol. The molecule has 2 aliphatic heterocycles. The average molecular weight is 729 g/mol. The molecule has 21 heteroatoms. The van der Waals surface area contributed by atoms with E-state index in [1.807, 2.05) is 0 Å². The van der Waals surface area contributed by atoms with Crippen LogP contribution in [0.4, 0.5) is 26.3 Å². The summed E-state index contributed by atoms with van der Waals surface area (Å²) in [5, 5.41) is 21.3. The summed E-state index contributed by atoms with van der Waals surface area (Å²) in [5.41, 5.74) is -19.9. The molecule has 1 spiro atoms. The number of ether oxygens (including phenoxy) is 3. The van der Waals surface area contributed by atoms with Crippen molar-refractivity contribution in [3.63, 3.8) is 0 Å². The van der Waals surface area contributed by atoms with E-state index in [2.05, 4.69) is 8.37 Å². The molecule has 5 rings (SSSR count). The average Bonchev–Trinajstić information content (AvgIpc) is 3.20. The highest BCUT2D eigenvalue weighted by atomic mass is 32.2. The van der Waals surface area contributed by atoms with Crippen molar-refractivity contribution in [1.82, 2.24) is 0 Å². The zero-order valence-corrected chi connectivity index (χ0v) is 25.6. The smallest absolute Gasteiger partial charge is 0.507 e. The Morgan fingerprint density at radius 3 is 1.90 bits per heavy atom. The Bertz CT molecular complexity index is 2120. The van der Waals surface area contributed by atoms with Gasteiger partial charge in [-0.05, 0) is 32.9 Å². The molecule has 3 aromatic carbocycles. The first-order chi connectivity index (χ1) is 21.8. The van der Waals surface area contributed by atoms with Gasteiger partial charge in [-0.2, -0.15) is 43.2 Å². The first-order valence-corrected chi connectivity index (χ1v) is 15.7. The lowest BCUT2D eigenvalue weighted by Crippen LogP contribution is -2.36. The summed E-state index contributed by atoms with van der Waals surface area (Å²) in [6.07, 6.45) is 0. The zero-order chi connectivity index (χ0) is 36.0. The van der Waals surface area contributed by atoms with Crippen LogP contribution in [0.5, 0.6) is 34.5 Å². The van der Waals surface area contributed by atoms with Crippen LogP contribution in [0.15, 0.2) is 42.5 Å². The summed E-state index contributed by atoms with van der Waals surface area (Å²) in [5.74, 6) is -10.9. The lowest BCUT2D eigenvalue weighted by Gasteiger charge is -2.38. The number of carbonyl (C=O) groups is 2. The first kappa shape index (κ1) is 34.4. The number of rotatable bonds is 5. The highest BCUT2D eigenvalue weighted by Gasteiger charge is 2.59. The fourth-order valence-electron chi connectivity index (χ4n) is 4.77. The van der Waals surface area contributed by atoms with E-state index in [1.54, 1.807) is 0 Å². The van der Waals surface area contributed by atoms with Crippen molar-refractivity contribution >= 4 is 32.2 Å². The van der Waals surface area contributed by atoms with Crippen LogP contribution in [0.2, 0.25) is 0 Å². The number of phenolic OH excluding ortho intramolecular Hbond substituents is 2. The molecule has 0 radical (unpaired) electrons. The van der Waals surface area contributed by atoms with Gasteiger partial charge in [0.2, 0.25) is 11.5 Å². The van der Waals surface area contributed by atoms with E-state index in [4.69, 9.17) is 14.2 Å². The third-order valence-electron chi connectivity index (χ3n) is 6.57. The number of benzene rings is 3. The number of hydrogen-bond donors (Lipinski definition) is 2. The maximum atomic E-state index is 13.6. The molecule has 0 saturated heterocycles. The summed E-state index contributed by atoms with van der Waals surface area (Å²) in [7, 11) is -13.8. The van der Waals surface area contributed by atoms with Crippen LogP contribution < -0.4 is 13.1 Å². The standard InChI is InChI=1S/C27H18F6O13S2/c1-24(2,3)43-23(37)12-8-14-17(9-15(12)34)42-18-10-16(35)20(45-47(38,39)26(28,29)30)21(46-48(40,41)27(31,32)33)19(18)25(14)13-7-5-4-6-11(13)22(36)44-25/h4-10,34-35H,1-3H3. The van der Waals surface area contributed by atoms with Crippen LogP contribution in [-0.4, -0.2) is 55.6 Å². The fraction of sp³-hybridized carbons (Fsp3) is 0.259. The first-order valence-electron chi connectivity index (χ1n) is 12.8. The molecule has 2 aliphatic rings. The molecule has 0 aromatic heterocycles. The Labute approximate surface area is 265 Å². The van der Waals surface area contributed by atoms with Crippen molar-refractivity contribution in [3.8, 4) is 34.5 Å². The van der Waals surface area contributed by atoms with Crippen molar-refractivity contribution in [1.29, 1.82) is 0 Å². The molecule has 2 heterocycles. The lowest BCUT2D eigenvalue weighted by molar-refractivity contribution is -0.0514. The molecule has 48 heavy (non-hydrogen) atoms. The van der Waals surface area contributed by atoms with Gasteiger partial charge >= 0.3 is 43.2 Å². The molecule has 0 aliphatic carbocycles. The van der Waals surface area contributed by atoms with Crippen LogP contribution >= 0.6 is 0 Å². The van der Waals surface area contributed by atoms with E-state index in [0.29, 0.717) is 6.07 Å². The quantitative estimate of drug-likeness (QED) is 0.153. The van der Waals surface area contributed by atoms with Gasteiger partial charge in [-0.1, -0.05) is 18.2 Å². The third kappa shape index (κ3) is 5.45. The molecule has 0 bridgehead atoms. The maximum Gasteiger partial charge on any atom is 0.534 e. The van der Waals surface area contributed by atoms with Crippen LogP contribution in [0.3, 0.4) is 0 Å². The van der Waals surface area contributed by atoms with Gasteiger partial charge in [0, 0.05) is 23.3 Å². The van der Waals surface area contributed by atoms with Crippen molar-refractivity contribution < 1.29 is 85.6 Å². The van der Waals surface area contributed by atoms with Crippen molar-refractivity contribution in [2.75, 3.05) is 0 Å². The Balaban J connectivity index is 1.95. The summed E-state index contributed by atoms with van der Waals surface area (Å²) >= 11 is 0. The molecule has 13 nitrogen and oxygen atoms in total. The van der Waals surface area contributed by atoms with E-state index in [1.165, 1.54) is 32.9 Å². The summed E-state index contributed by atoms with van der Waals surface area (Å²) < 4.78 is 154. The number of aromatic hydroxyl groups is 2.